The van der Waals surface area contributed by atoms with Gasteiger partial charge in [0, 0.05) is 28.2 Å². The fraction of sp³-hybridized carbons (Fsp3) is 0.100. The van der Waals surface area contributed by atoms with Gasteiger partial charge < -0.3 is 0 Å². The molecule has 0 fully saturated rings. The lowest BCUT2D eigenvalue weighted by atomic mass is 10.2. The minimum absolute atomic E-state index is 0.806. The Bertz CT molecular complexity index is 610. The van der Waals surface area contributed by atoms with Crippen LogP contribution in [-0.2, 0) is 0 Å². The summed E-state index contributed by atoms with van der Waals surface area (Å²) in [4.78, 5) is 9.76. The Hall–Kier alpha value is -1.75. The van der Waals surface area contributed by atoms with Crippen LogP contribution in [0.25, 0.3) is 21.6 Å². The van der Waals surface area contributed by atoms with Gasteiger partial charge in [0.1, 0.15) is 5.01 Å². The first kappa shape index (κ1) is 8.55. The molecule has 0 radical (unpaired) electrons. The lowest BCUT2D eigenvalue weighted by Gasteiger charge is -1.96. The topological polar surface area (TPSA) is 54.5 Å². The van der Waals surface area contributed by atoms with Crippen LogP contribution in [0.5, 0.6) is 0 Å². The molecule has 0 bridgehead atoms. The van der Waals surface area contributed by atoms with Gasteiger partial charge in [0.15, 0.2) is 5.65 Å². The number of aromatic amines is 1. The summed E-state index contributed by atoms with van der Waals surface area (Å²) in [6, 6.07) is 1.97. The lowest BCUT2D eigenvalue weighted by Crippen LogP contribution is -1.80. The van der Waals surface area contributed by atoms with Crippen molar-refractivity contribution < 1.29 is 0 Å². The van der Waals surface area contributed by atoms with E-state index in [2.05, 4.69) is 27.1 Å². The van der Waals surface area contributed by atoms with Gasteiger partial charge in [0.25, 0.3) is 0 Å². The molecule has 0 unspecified atom stereocenters. The van der Waals surface area contributed by atoms with E-state index in [0.29, 0.717) is 0 Å². The van der Waals surface area contributed by atoms with E-state index < -0.39 is 0 Å². The van der Waals surface area contributed by atoms with Crippen LogP contribution in [-0.4, -0.2) is 20.2 Å². The number of fused-ring (bicyclic) bond motifs is 1. The zero-order valence-corrected chi connectivity index (χ0v) is 8.88. The predicted octanol–water partition coefficient (Wildman–Crippen LogP) is 2.39. The highest BCUT2D eigenvalue weighted by molar-refractivity contribution is 7.15. The quantitative estimate of drug-likeness (QED) is 0.679. The molecule has 0 saturated carbocycles. The molecule has 0 amide bonds. The second kappa shape index (κ2) is 3.13. The maximum Gasteiger partial charge on any atom is 0.155 e. The maximum absolute atomic E-state index is 4.36. The Labute approximate surface area is 90.0 Å². The Morgan fingerprint density at radius 3 is 3.00 bits per heavy atom. The molecule has 5 heteroatoms. The summed E-state index contributed by atoms with van der Waals surface area (Å²) < 4.78 is 0. The van der Waals surface area contributed by atoms with E-state index in [1.807, 2.05) is 12.3 Å². The summed E-state index contributed by atoms with van der Waals surface area (Å²) >= 11 is 1.68. The number of pyridine rings is 1. The third-order valence-corrected chi connectivity index (χ3v) is 3.15. The van der Waals surface area contributed by atoms with Crippen molar-refractivity contribution in [1.82, 2.24) is 20.2 Å². The summed E-state index contributed by atoms with van der Waals surface area (Å²) in [6.07, 6.45) is 5.44. The zero-order valence-electron chi connectivity index (χ0n) is 8.06. The molecule has 4 nitrogen and oxygen atoms in total. The van der Waals surface area contributed by atoms with Gasteiger partial charge in [-0.1, -0.05) is 0 Å². The molecule has 0 aliphatic carbocycles. The van der Waals surface area contributed by atoms with Crippen molar-refractivity contribution in [3.63, 3.8) is 0 Å². The standard InChI is InChI=1S/C10H8N4S/c1-6-4-12-10(15-6)7-2-3-11-9-8(7)5-13-14-9/h2-5H,1H3,(H,11,13,14). The Kier molecular flexibility index (Phi) is 1.78. The molecule has 74 valence electrons. The van der Waals surface area contributed by atoms with Crippen LogP contribution in [0.1, 0.15) is 4.88 Å². The summed E-state index contributed by atoms with van der Waals surface area (Å²) in [5, 5.41) is 8.87. The fourth-order valence-electron chi connectivity index (χ4n) is 1.52. The number of nitrogens with zero attached hydrogens (tertiary/aromatic N) is 3. The molecule has 0 atom stereocenters. The van der Waals surface area contributed by atoms with Crippen LogP contribution >= 0.6 is 11.3 Å². The molecule has 0 spiro atoms. The van der Waals surface area contributed by atoms with E-state index in [9.17, 15) is 0 Å². The molecular formula is C10H8N4S. The second-order valence-corrected chi connectivity index (χ2v) is 4.50. The van der Waals surface area contributed by atoms with Gasteiger partial charge >= 0.3 is 0 Å². The summed E-state index contributed by atoms with van der Waals surface area (Å²) in [7, 11) is 0. The molecule has 0 aliphatic heterocycles. The molecule has 3 aromatic rings. The maximum atomic E-state index is 4.36. The first-order valence-corrected chi connectivity index (χ1v) is 5.37. The van der Waals surface area contributed by atoms with Gasteiger partial charge in [-0.15, -0.1) is 11.3 Å². The van der Waals surface area contributed by atoms with Gasteiger partial charge in [-0.3, -0.25) is 5.10 Å². The first-order chi connectivity index (χ1) is 7.34. The van der Waals surface area contributed by atoms with E-state index in [0.717, 1.165) is 21.6 Å². The second-order valence-electron chi connectivity index (χ2n) is 3.27. The monoisotopic (exact) mass is 216 g/mol. The van der Waals surface area contributed by atoms with E-state index in [1.165, 1.54) is 4.88 Å². The van der Waals surface area contributed by atoms with E-state index in [4.69, 9.17) is 0 Å². The normalized spacial score (nSPS) is 11.0. The van der Waals surface area contributed by atoms with Crippen molar-refractivity contribution in [3.8, 4) is 10.6 Å². The van der Waals surface area contributed by atoms with Crippen LogP contribution < -0.4 is 0 Å². The van der Waals surface area contributed by atoms with Crippen molar-refractivity contribution in [3.05, 3.63) is 29.5 Å². The van der Waals surface area contributed by atoms with Gasteiger partial charge in [0.2, 0.25) is 0 Å². The third-order valence-electron chi connectivity index (χ3n) is 2.21. The third kappa shape index (κ3) is 1.32. The minimum Gasteiger partial charge on any atom is -0.261 e. The molecule has 15 heavy (non-hydrogen) atoms. The predicted molar refractivity (Wildman–Crippen MR) is 59.7 cm³/mol. The van der Waals surface area contributed by atoms with Crippen molar-refractivity contribution in [2.24, 2.45) is 0 Å². The Morgan fingerprint density at radius 1 is 1.27 bits per heavy atom. The molecule has 1 N–H and O–H groups in total. The van der Waals surface area contributed by atoms with E-state index in [1.54, 1.807) is 23.7 Å². The van der Waals surface area contributed by atoms with E-state index >= 15 is 0 Å². The largest absolute Gasteiger partial charge is 0.261 e. The number of aromatic nitrogens is 4. The highest BCUT2D eigenvalue weighted by Crippen LogP contribution is 2.29. The number of rotatable bonds is 1. The average molecular weight is 216 g/mol. The molecule has 0 aromatic carbocycles. The highest BCUT2D eigenvalue weighted by atomic mass is 32.1. The zero-order chi connectivity index (χ0) is 10.3. The molecule has 3 aromatic heterocycles. The van der Waals surface area contributed by atoms with Gasteiger partial charge in [-0.05, 0) is 13.0 Å². The molecule has 3 rings (SSSR count). The summed E-state index contributed by atoms with van der Waals surface area (Å²) in [6.45, 7) is 2.05. The average Bonchev–Trinajstić information content (AvgIpc) is 2.84. The van der Waals surface area contributed by atoms with Crippen molar-refractivity contribution in [2.75, 3.05) is 0 Å². The van der Waals surface area contributed by atoms with Crippen LogP contribution in [0, 0.1) is 6.92 Å². The first-order valence-electron chi connectivity index (χ1n) is 4.55. The fourth-order valence-corrected chi connectivity index (χ4v) is 2.32. The summed E-state index contributed by atoms with van der Waals surface area (Å²) in [5.74, 6) is 0. The number of H-pyrrole nitrogens is 1. The van der Waals surface area contributed by atoms with Gasteiger partial charge in [0.05, 0.1) is 6.20 Å². The SMILES string of the molecule is Cc1cnc(-c2ccnc3[nH]ncc23)s1. The van der Waals surface area contributed by atoms with Crippen LogP contribution in [0.15, 0.2) is 24.7 Å². The Morgan fingerprint density at radius 2 is 2.20 bits per heavy atom. The molecule has 0 saturated heterocycles. The molecular weight excluding hydrogens is 208 g/mol. The highest BCUT2D eigenvalue weighted by Gasteiger charge is 2.08. The minimum atomic E-state index is 0.806. The smallest absolute Gasteiger partial charge is 0.155 e. The molecule has 0 aliphatic rings. The summed E-state index contributed by atoms with van der Waals surface area (Å²) in [5.41, 5.74) is 1.90. The van der Waals surface area contributed by atoms with Crippen molar-refractivity contribution in [1.29, 1.82) is 0 Å². The van der Waals surface area contributed by atoms with Gasteiger partial charge in [-0.25, -0.2) is 9.97 Å². The number of hydrogen-bond acceptors (Lipinski definition) is 4. The van der Waals surface area contributed by atoms with Crippen molar-refractivity contribution in [2.45, 2.75) is 6.92 Å². The number of aryl methyl sites for hydroxylation is 1. The Balaban J connectivity index is 2.30. The lowest BCUT2D eigenvalue weighted by molar-refractivity contribution is 1.10. The van der Waals surface area contributed by atoms with Crippen LogP contribution in [0.2, 0.25) is 0 Å². The number of nitrogens with one attached hydrogen (secondary N) is 1. The van der Waals surface area contributed by atoms with Crippen LogP contribution in [0.4, 0.5) is 0 Å². The number of thiazole rings is 1. The number of hydrogen-bond donors (Lipinski definition) is 1. The molecule has 3 heterocycles. The van der Waals surface area contributed by atoms with Crippen molar-refractivity contribution >= 4 is 22.4 Å². The van der Waals surface area contributed by atoms with Gasteiger partial charge in [-0.2, -0.15) is 5.10 Å². The van der Waals surface area contributed by atoms with Crippen LogP contribution in [0.3, 0.4) is 0 Å². The van der Waals surface area contributed by atoms with E-state index in [-0.39, 0.29) is 0 Å².